The highest BCUT2D eigenvalue weighted by Crippen LogP contribution is 2.23. The zero-order chi connectivity index (χ0) is 12.2. The molecule has 0 heterocycles. The van der Waals surface area contributed by atoms with Gasteiger partial charge in [-0.15, -0.1) is 0 Å². The second-order valence-electron chi connectivity index (χ2n) is 2.77. The Morgan fingerprint density at radius 3 is 2.25 bits per heavy atom. The molecule has 6 heteroatoms. The lowest BCUT2D eigenvalue weighted by atomic mass is 10.3. The molecule has 3 nitrogen and oxygen atoms in total. The van der Waals surface area contributed by atoms with Crippen molar-refractivity contribution in [1.82, 2.24) is 0 Å². The third kappa shape index (κ3) is 2.98. The fraction of sp³-hybridized carbons (Fsp3) is 0.200. The highest BCUT2D eigenvalue weighted by molar-refractivity contribution is 6.04. The molecule has 0 atom stereocenters. The molecule has 1 rings (SSSR count). The minimum atomic E-state index is -4.73. The van der Waals surface area contributed by atoms with Crippen LogP contribution in [0.15, 0.2) is 29.3 Å². The maximum absolute atomic E-state index is 12.2. The molecular weight excluding hydrogens is 221 g/mol. The Hall–Kier alpha value is -2.03. The van der Waals surface area contributed by atoms with Crippen molar-refractivity contribution >= 4 is 11.4 Å². The number of alkyl halides is 3. The molecule has 0 unspecified atom stereocenters. The SMILES string of the molecule is COc1ccc(N=C(C#N)C(F)(F)F)cc1. The third-order valence-electron chi connectivity index (χ3n) is 1.69. The number of halogens is 3. The first kappa shape index (κ1) is 12.0. The van der Waals surface area contributed by atoms with E-state index in [1.807, 2.05) is 0 Å². The second-order valence-corrected chi connectivity index (χ2v) is 2.77. The van der Waals surface area contributed by atoms with Crippen molar-refractivity contribution in [3.05, 3.63) is 24.3 Å². The van der Waals surface area contributed by atoms with Crippen LogP contribution in [0.1, 0.15) is 0 Å². The van der Waals surface area contributed by atoms with Crippen LogP contribution in [0.2, 0.25) is 0 Å². The highest BCUT2D eigenvalue weighted by Gasteiger charge is 2.36. The average molecular weight is 228 g/mol. The molecule has 0 aliphatic heterocycles. The summed E-state index contributed by atoms with van der Waals surface area (Å²) < 4.78 is 41.4. The van der Waals surface area contributed by atoms with Gasteiger partial charge in [0.15, 0.2) is 0 Å². The van der Waals surface area contributed by atoms with E-state index in [1.54, 1.807) is 0 Å². The summed E-state index contributed by atoms with van der Waals surface area (Å²) in [7, 11) is 1.44. The topological polar surface area (TPSA) is 45.4 Å². The highest BCUT2D eigenvalue weighted by atomic mass is 19.4. The number of rotatable bonds is 2. The standard InChI is InChI=1S/C10H7F3N2O/c1-16-8-4-2-7(3-5-8)15-9(6-14)10(11,12)13/h2-5H,1H3. The van der Waals surface area contributed by atoms with Crippen LogP contribution in [0.3, 0.4) is 0 Å². The number of ether oxygens (including phenoxy) is 1. The van der Waals surface area contributed by atoms with Gasteiger partial charge in [0.25, 0.3) is 0 Å². The van der Waals surface area contributed by atoms with Crippen molar-refractivity contribution in [2.75, 3.05) is 7.11 Å². The van der Waals surface area contributed by atoms with Crippen molar-refractivity contribution in [2.45, 2.75) is 6.18 Å². The second kappa shape index (κ2) is 4.66. The molecule has 0 saturated carbocycles. The largest absolute Gasteiger partial charge is 0.497 e. The van der Waals surface area contributed by atoms with E-state index < -0.39 is 11.9 Å². The molecule has 0 aromatic heterocycles. The lowest BCUT2D eigenvalue weighted by Gasteiger charge is -2.03. The summed E-state index contributed by atoms with van der Waals surface area (Å²) in [4.78, 5) is 3.20. The van der Waals surface area contributed by atoms with Crippen LogP contribution in [0.5, 0.6) is 5.75 Å². The molecule has 0 radical (unpaired) electrons. The Labute approximate surface area is 89.8 Å². The molecule has 0 fully saturated rings. The molecule has 0 amide bonds. The molecule has 0 aliphatic rings. The molecular formula is C10H7F3N2O. The van der Waals surface area contributed by atoms with Crippen LogP contribution in [0, 0.1) is 11.3 Å². The number of aliphatic imine (C=N–C) groups is 1. The maximum atomic E-state index is 12.2. The number of methoxy groups -OCH3 is 1. The van der Waals surface area contributed by atoms with Gasteiger partial charge in [-0.1, -0.05) is 0 Å². The van der Waals surface area contributed by atoms with Crippen LogP contribution in [-0.2, 0) is 0 Å². The first-order valence-electron chi connectivity index (χ1n) is 4.17. The van der Waals surface area contributed by atoms with E-state index in [0.29, 0.717) is 5.75 Å². The molecule has 0 N–H and O–H groups in total. The number of hydrogen-bond acceptors (Lipinski definition) is 3. The quantitative estimate of drug-likeness (QED) is 0.730. The average Bonchev–Trinajstić information content (AvgIpc) is 2.25. The van der Waals surface area contributed by atoms with Gasteiger partial charge in [0.05, 0.1) is 12.8 Å². The summed E-state index contributed by atoms with van der Waals surface area (Å²) in [6, 6.07) is 6.61. The Kier molecular flexibility index (Phi) is 3.51. The zero-order valence-corrected chi connectivity index (χ0v) is 8.25. The van der Waals surface area contributed by atoms with Gasteiger partial charge in [0.1, 0.15) is 11.8 Å². The predicted octanol–water partition coefficient (Wildman–Crippen LogP) is 2.85. The third-order valence-corrected chi connectivity index (χ3v) is 1.69. The summed E-state index contributed by atoms with van der Waals surface area (Å²) >= 11 is 0. The lowest BCUT2D eigenvalue weighted by Crippen LogP contribution is -2.20. The monoisotopic (exact) mass is 228 g/mol. The summed E-state index contributed by atoms with van der Waals surface area (Å²) in [6.45, 7) is 0. The van der Waals surface area contributed by atoms with Gasteiger partial charge in [-0.05, 0) is 24.3 Å². The van der Waals surface area contributed by atoms with Crippen LogP contribution >= 0.6 is 0 Å². The fourth-order valence-corrected chi connectivity index (χ4v) is 0.938. The number of benzene rings is 1. The van der Waals surface area contributed by atoms with Gasteiger partial charge < -0.3 is 4.74 Å². The molecule has 1 aromatic rings. The van der Waals surface area contributed by atoms with E-state index in [0.717, 1.165) is 6.07 Å². The normalized spacial score (nSPS) is 12.1. The van der Waals surface area contributed by atoms with Gasteiger partial charge in [-0.2, -0.15) is 18.4 Å². The van der Waals surface area contributed by atoms with Gasteiger partial charge in [0.2, 0.25) is 5.71 Å². The van der Waals surface area contributed by atoms with E-state index in [4.69, 9.17) is 10.00 Å². The Morgan fingerprint density at radius 2 is 1.88 bits per heavy atom. The van der Waals surface area contributed by atoms with Crippen LogP contribution in [0.4, 0.5) is 18.9 Å². The molecule has 84 valence electrons. The summed E-state index contributed by atoms with van der Waals surface area (Å²) in [5.74, 6) is 0.504. The van der Waals surface area contributed by atoms with E-state index >= 15 is 0 Å². The van der Waals surface area contributed by atoms with Crippen molar-refractivity contribution < 1.29 is 17.9 Å². The van der Waals surface area contributed by atoms with Gasteiger partial charge in [-0.25, -0.2) is 4.99 Å². The smallest absolute Gasteiger partial charge is 0.443 e. The van der Waals surface area contributed by atoms with E-state index in [9.17, 15) is 13.2 Å². The minimum Gasteiger partial charge on any atom is -0.497 e. The van der Waals surface area contributed by atoms with E-state index in [-0.39, 0.29) is 5.69 Å². The van der Waals surface area contributed by atoms with Crippen molar-refractivity contribution in [3.8, 4) is 11.8 Å². The van der Waals surface area contributed by atoms with Crippen LogP contribution < -0.4 is 4.74 Å². The van der Waals surface area contributed by atoms with Gasteiger partial charge in [-0.3, -0.25) is 0 Å². The molecule has 0 saturated heterocycles. The molecule has 0 spiro atoms. The maximum Gasteiger partial charge on any atom is 0.443 e. The van der Waals surface area contributed by atoms with Crippen molar-refractivity contribution in [3.63, 3.8) is 0 Å². The molecule has 0 aliphatic carbocycles. The first-order valence-corrected chi connectivity index (χ1v) is 4.17. The number of nitrogens with zero attached hydrogens (tertiary/aromatic N) is 2. The van der Waals surface area contributed by atoms with E-state index in [2.05, 4.69) is 4.99 Å². The van der Waals surface area contributed by atoms with Gasteiger partial charge >= 0.3 is 6.18 Å². The Bertz CT molecular complexity index is 429. The summed E-state index contributed by atoms with van der Waals surface area (Å²) in [5.41, 5.74) is -1.42. The summed E-state index contributed by atoms with van der Waals surface area (Å²) in [6.07, 6.45) is -4.73. The molecule has 0 bridgehead atoms. The zero-order valence-electron chi connectivity index (χ0n) is 8.25. The van der Waals surface area contributed by atoms with Crippen LogP contribution in [-0.4, -0.2) is 19.0 Å². The molecule has 16 heavy (non-hydrogen) atoms. The van der Waals surface area contributed by atoms with Crippen molar-refractivity contribution in [2.24, 2.45) is 4.99 Å². The van der Waals surface area contributed by atoms with Crippen LogP contribution in [0.25, 0.3) is 0 Å². The fourth-order valence-electron chi connectivity index (χ4n) is 0.938. The minimum absolute atomic E-state index is 0.0506. The van der Waals surface area contributed by atoms with Crippen molar-refractivity contribution in [1.29, 1.82) is 5.26 Å². The van der Waals surface area contributed by atoms with E-state index in [1.165, 1.54) is 31.4 Å². The predicted molar refractivity (Wildman–Crippen MR) is 51.8 cm³/mol. The number of hydrogen-bond donors (Lipinski definition) is 0. The lowest BCUT2D eigenvalue weighted by molar-refractivity contribution is -0.0572. The van der Waals surface area contributed by atoms with Gasteiger partial charge in [0, 0.05) is 0 Å². The summed E-state index contributed by atoms with van der Waals surface area (Å²) in [5, 5.41) is 8.30. The molecule has 1 aromatic carbocycles. The Balaban J connectivity index is 3.02. The number of nitriles is 1. The first-order chi connectivity index (χ1) is 7.47. The Morgan fingerprint density at radius 1 is 1.31 bits per heavy atom.